The number of fused-ring (bicyclic) bond motifs is 1. The van der Waals surface area contributed by atoms with Gasteiger partial charge in [0.05, 0.1) is 7.11 Å². The monoisotopic (exact) mass is 248 g/mol. The number of nitrogens with zero attached hydrogens (tertiary/aromatic N) is 1. The minimum Gasteiger partial charge on any atom is -0.469 e. The number of carbonyl (C=O) groups is 1. The molecule has 0 radical (unpaired) electrons. The van der Waals surface area contributed by atoms with Crippen molar-refractivity contribution in [3.05, 3.63) is 29.7 Å². The number of aromatic nitrogens is 1. The zero-order valence-electron chi connectivity index (χ0n) is 10.5. The van der Waals surface area contributed by atoms with E-state index in [1.807, 2.05) is 18.2 Å². The van der Waals surface area contributed by atoms with Crippen molar-refractivity contribution in [2.75, 3.05) is 7.11 Å². The van der Waals surface area contributed by atoms with Crippen molar-refractivity contribution in [1.82, 2.24) is 4.98 Å². The van der Waals surface area contributed by atoms with Crippen LogP contribution >= 0.6 is 0 Å². The second-order valence-corrected chi connectivity index (χ2v) is 4.18. The van der Waals surface area contributed by atoms with Crippen molar-refractivity contribution < 1.29 is 13.9 Å². The number of aryl methyl sites for hydroxylation is 1. The summed E-state index contributed by atoms with van der Waals surface area (Å²) >= 11 is 0. The first-order chi connectivity index (χ1) is 8.60. The number of ether oxygens (including phenoxy) is 1. The maximum absolute atomic E-state index is 11.1. The summed E-state index contributed by atoms with van der Waals surface area (Å²) in [5.41, 5.74) is 8.50. The lowest BCUT2D eigenvalue weighted by Gasteiger charge is -2.10. The summed E-state index contributed by atoms with van der Waals surface area (Å²) in [6, 6.07) is 5.45. The molecule has 0 amide bonds. The molecule has 0 saturated heterocycles. The molecule has 1 atom stereocenters. The van der Waals surface area contributed by atoms with Crippen LogP contribution in [0.15, 0.2) is 22.6 Å². The van der Waals surface area contributed by atoms with Gasteiger partial charge < -0.3 is 14.9 Å². The van der Waals surface area contributed by atoms with E-state index in [0.717, 1.165) is 16.7 Å². The Kier molecular flexibility index (Phi) is 3.62. The van der Waals surface area contributed by atoms with Crippen molar-refractivity contribution in [3.63, 3.8) is 0 Å². The summed E-state index contributed by atoms with van der Waals surface area (Å²) < 4.78 is 10.0. The van der Waals surface area contributed by atoms with Crippen LogP contribution in [-0.2, 0) is 9.53 Å². The SMILES string of the molecule is COC(=O)CCC(N)c1ccc2nc(C)oc2c1. The minimum absolute atomic E-state index is 0.209. The topological polar surface area (TPSA) is 78.4 Å². The highest BCUT2D eigenvalue weighted by Crippen LogP contribution is 2.22. The summed E-state index contributed by atoms with van der Waals surface area (Å²) in [5, 5.41) is 0. The first-order valence-corrected chi connectivity index (χ1v) is 5.79. The summed E-state index contributed by atoms with van der Waals surface area (Å²) in [6.07, 6.45) is 0.858. The maximum Gasteiger partial charge on any atom is 0.305 e. The fraction of sp³-hybridized carbons (Fsp3) is 0.385. The standard InChI is InChI=1S/C13H16N2O3/c1-8-15-11-5-3-9(7-12(11)18-8)10(14)4-6-13(16)17-2/h3,5,7,10H,4,6,14H2,1-2H3. The molecule has 2 aromatic rings. The van der Waals surface area contributed by atoms with Crippen molar-refractivity contribution in [3.8, 4) is 0 Å². The van der Waals surface area contributed by atoms with Gasteiger partial charge in [0, 0.05) is 19.4 Å². The maximum atomic E-state index is 11.1. The van der Waals surface area contributed by atoms with Crippen LogP contribution in [0.4, 0.5) is 0 Å². The van der Waals surface area contributed by atoms with Gasteiger partial charge in [-0.2, -0.15) is 0 Å². The average molecular weight is 248 g/mol. The molecule has 1 aromatic heterocycles. The molecular formula is C13H16N2O3. The van der Waals surface area contributed by atoms with Crippen LogP contribution in [0.1, 0.15) is 30.3 Å². The lowest BCUT2D eigenvalue weighted by atomic mass is 10.0. The van der Waals surface area contributed by atoms with E-state index in [9.17, 15) is 4.79 Å². The highest BCUT2D eigenvalue weighted by molar-refractivity contribution is 5.73. The smallest absolute Gasteiger partial charge is 0.305 e. The summed E-state index contributed by atoms with van der Waals surface area (Å²) in [6.45, 7) is 1.80. The predicted octanol–water partition coefficient (Wildman–Crippen LogP) is 2.09. The number of benzene rings is 1. The van der Waals surface area contributed by atoms with Crippen LogP contribution in [0.25, 0.3) is 11.1 Å². The van der Waals surface area contributed by atoms with Gasteiger partial charge >= 0.3 is 5.97 Å². The Balaban J connectivity index is 2.12. The first kappa shape index (κ1) is 12.6. The lowest BCUT2D eigenvalue weighted by molar-refractivity contribution is -0.140. The third-order valence-corrected chi connectivity index (χ3v) is 2.83. The quantitative estimate of drug-likeness (QED) is 0.838. The molecule has 2 N–H and O–H groups in total. The Morgan fingerprint density at radius 3 is 3.06 bits per heavy atom. The third-order valence-electron chi connectivity index (χ3n) is 2.83. The molecule has 5 nitrogen and oxygen atoms in total. The zero-order valence-corrected chi connectivity index (χ0v) is 10.5. The van der Waals surface area contributed by atoms with Gasteiger partial charge in [-0.25, -0.2) is 4.98 Å². The van der Waals surface area contributed by atoms with Gasteiger partial charge in [-0.3, -0.25) is 4.79 Å². The lowest BCUT2D eigenvalue weighted by Crippen LogP contribution is -2.12. The fourth-order valence-electron chi connectivity index (χ4n) is 1.83. The molecule has 2 rings (SSSR count). The molecule has 0 spiro atoms. The van der Waals surface area contributed by atoms with Crippen molar-refractivity contribution in [1.29, 1.82) is 0 Å². The van der Waals surface area contributed by atoms with E-state index in [4.69, 9.17) is 10.2 Å². The van der Waals surface area contributed by atoms with E-state index in [0.29, 0.717) is 18.7 Å². The van der Waals surface area contributed by atoms with Gasteiger partial charge in [-0.15, -0.1) is 0 Å². The predicted molar refractivity (Wildman–Crippen MR) is 66.9 cm³/mol. The Bertz CT molecular complexity index is 562. The molecule has 1 heterocycles. The zero-order chi connectivity index (χ0) is 13.1. The van der Waals surface area contributed by atoms with E-state index >= 15 is 0 Å². The minimum atomic E-state index is -0.248. The molecule has 0 aliphatic carbocycles. The number of oxazole rings is 1. The first-order valence-electron chi connectivity index (χ1n) is 5.79. The normalized spacial score (nSPS) is 12.6. The molecule has 0 bridgehead atoms. The van der Waals surface area contributed by atoms with Gasteiger partial charge in [0.2, 0.25) is 0 Å². The van der Waals surface area contributed by atoms with E-state index < -0.39 is 0 Å². The van der Waals surface area contributed by atoms with E-state index in [-0.39, 0.29) is 12.0 Å². The molecule has 0 fully saturated rings. The van der Waals surface area contributed by atoms with Gasteiger partial charge in [0.25, 0.3) is 0 Å². The fourth-order valence-corrected chi connectivity index (χ4v) is 1.83. The molecule has 0 aliphatic heterocycles. The molecule has 5 heteroatoms. The van der Waals surface area contributed by atoms with Crippen LogP contribution < -0.4 is 5.73 Å². The van der Waals surface area contributed by atoms with Crippen LogP contribution in [0.2, 0.25) is 0 Å². The van der Waals surface area contributed by atoms with Crippen molar-refractivity contribution >= 4 is 17.1 Å². The van der Waals surface area contributed by atoms with Crippen LogP contribution in [0.5, 0.6) is 0 Å². The number of hydrogen-bond acceptors (Lipinski definition) is 5. The van der Waals surface area contributed by atoms with Gasteiger partial charge in [0.1, 0.15) is 5.52 Å². The molecule has 1 aromatic carbocycles. The second-order valence-electron chi connectivity index (χ2n) is 4.18. The van der Waals surface area contributed by atoms with Gasteiger partial charge in [-0.1, -0.05) is 6.07 Å². The third kappa shape index (κ3) is 2.68. The van der Waals surface area contributed by atoms with E-state index in [1.54, 1.807) is 6.92 Å². The van der Waals surface area contributed by atoms with Crippen LogP contribution in [0, 0.1) is 6.92 Å². The number of rotatable bonds is 4. The number of nitrogens with two attached hydrogens (primary N) is 1. The summed E-state index contributed by atoms with van der Waals surface area (Å²) in [7, 11) is 1.37. The molecule has 0 saturated carbocycles. The molecule has 0 aliphatic rings. The van der Waals surface area contributed by atoms with E-state index in [1.165, 1.54) is 7.11 Å². The number of esters is 1. The largest absolute Gasteiger partial charge is 0.469 e. The van der Waals surface area contributed by atoms with Crippen LogP contribution in [-0.4, -0.2) is 18.1 Å². The molecule has 1 unspecified atom stereocenters. The van der Waals surface area contributed by atoms with Crippen molar-refractivity contribution in [2.45, 2.75) is 25.8 Å². The highest BCUT2D eigenvalue weighted by Gasteiger charge is 2.11. The number of methoxy groups -OCH3 is 1. The van der Waals surface area contributed by atoms with Gasteiger partial charge in [0.15, 0.2) is 11.5 Å². The molecule has 18 heavy (non-hydrogen) atoms. The Labute approximate surface area is 105 Å². The number of carbonyl (C=O) groups excluding carboxylic acids is 1. The van der Waals surface area contributed by atoms with E-state index in [2.05, 4.69) is 9.72 Å². The Hall–Kier alpha value is -1.88. The second kappa shape index (κ2) is 5.18. The molecule has 96 valence electrons. The highest BCUT2D eigenvalue weighted by atomic mass is 16.5. The molecular weight excluding hydrogens is 232 g/mol. The average Bonchev–Trinajstić information content (AvgIpc) is 2.74. The van der Waals surface area contributed by atoms with Gasteiger partial charge in [-0.05, 0) is 24.1 Å². The van der Waals surface area contributed by atoms with Crippen molar-refractivity contribution in [2.24, 2.45) is 5.73 Å². The number of hydrogen-bond donors (Lipinski definition) is 1. The Morgan fingerprint density at radius 1 is 1.56 bits per heavy atom. The summed E-state index contributed by atoms with van der Waals surface area (Å²) in [5.74, 6) is 0.382. The van der Waals surface area contributed by atoms with Crippen LogP contribution in [0.3, 0.4) is 0 Å². The summed E-state index contributed by atoms with van der Waals surface area (Å²) in [4.78, 5) is 15.3. The Morgan fingerprint density at radius 2 is 2.33 bits per heavy atom.